The van der Waals surface area contributed by atoms with E-state index in [1.165, 1.54) is 18.3 Å². The van der Waals surface area contributed by atoms with Gasteiger partial charge in [-0.25, -0.2) is 4.98 Å². The Hall–Kier alpha value is -2.51. The topological polar surface area (TPSA) is 56.8 Å². The van der Waals surface area contributed by atoms with Crippen molar-refractivity contribution in [2.24, 2.45) is 5.92 Å². The third-order valence-corrected chi connectivity index (χ3v) is 5.58. The molecule has 1 aliphatic heterocycles. The van der Waals surface area contributed by atoms with E-state index in [-0.39, 0.29) is 11.8 Å². The van der Waals surface area contributed by atoms with Gasteiger partial charge in [-0.1, -0.05) is 32.0 Å². The van der Waals surface area contributed by atoms with Crippen molar-refractivity contribution in [1.29, 1.82) is 0 Å². The third kappa shape index (κ3) is 5.74. The predicted molar refractivity (Wildman–Crippen MR) is 118 cm³/mol. The molecule has 0 N–H and O–H groups in total. The number of hydrogen-bond donors (Lipinski definition) is 0. The Balaban J connectivity index is 1.61. The molecule has 1 aliphatic rings. The van der Waals surface area contributed by atoms with E-state index in [4.69, 9.17) is 0 Å². The fourth-order valence-corrected chi connectivity index (χ4v) is 4.24. The van der Waals surface area contributed by atoms with Gasteiger partial charge in [0.05, 0.1) is 11.4 Å². The van der Waals surface area contributed by atoms with Gasteiger partial charge in [-0.2, -0.15) is 0 Å². The summed E-state index contributed by atoms with van der Waals surface area (Å²) in [5.74, 6) is 0.549. The van der Waals surface area contributed by atoms with Crippen LogP contribution in [0.3, 0.4) is 0 Å². The van der Waals surface area contributed by atoms with Gasteiger partial charge in [0, 0.05) is 51.1 Å². The number of rotatable bonds is 6. The Bertz CT molecular complexity index is 855. The monoisotopic (exact) mass is 412 g/mol. The van der Waals surface area contributed by atoms with Crippen LogP contribution in [0.4, 0.5) is 10.8 Å². The second kappa shape index (κ2) is 9.80. The first-order valence-corrected chi connectivity index (χ1v) is 10.8. The second-order valence-electron chi connectivity index (χ2n) is 7.60. The average molecular weight is 413 g/mol. The molecule has 1 saturated heterocycles. The predicted octanol–water partition coefficient (Wildman–Crippen LogP) is 3.64. The number of carbonyl (C=O) groups is 2. The van der Waals surface area contributed by atoms with Crippen molar-refractivity contribution in [3.8, 4) is 0 Å². The zero-order valence-corrected chi connectivity index (χ0v) is 18.1. The maximum atomic E-state index is 12.5. The molecule has 3 rings (SSSR count). The van der Waals surface area contributed by atoms with Gasteiger partial charge in [0.2, 0.25) is 11.8 Å². The molecule has 0 atom stereocenters. The van der Waals surface area contributed by atoms with Crippen LogP contribution in [0.1, 0.15) is 26.5 Å². The van der Waals surface area contributed by atoms with Gasteiger partial charge in [0.25, 0.3) is 0 Å². The largest absolute Gasteiger partial charge is 0.337 e. The molecule has 7 heteroatoms. The molecule has 1 aromatic heterocycles. The molecule has 0 radical (unpaired) electrons. The lowest BCUT2D eigenvalue weighted by atomic mass is 10.2. The molecule has 29 heavy (non-hydrogen) atoms. The van der Waals surface area contributed by atoms with E-state index in [0.717, 1.165) is 38.4 Å². The lowest BCUT2D eigenvalue weighted by Crippen LogP contribution is -2.49. The summed E-state index contributed by atoms with van der Waals surface area (Å²) in [5.41, 5.74) is 1.46. The molecule has 0 bridgehead atoms. The molecular formula is C22H28N4O2S. The number of hydrogen-bond acceptors (Lipinski definition) is 5. The highest BCUT2D eigenvalue weighted by molar-refractivity contribution is 7.14. The Morgan fingerprint density at radius 2 is 1.86 bits per heavy atom. The first-order valence-electron chi connectivity index (χ1n) is 9.94. The highest BCUT2D eigenvalue weighted by Gasteiger charge is 2.20. The first kappa shape index (κ1) is 21.2. The minimum Gasteiger partial charge on any atom is -0.337 e. The van der Waals surface area contributed by atoms with Gasteiger partial charge in [0.15, 0.2) is 5.13 Å². The maximum Gasteiger partial charge on any atom is 0.246 e. The zero-order chi connectivity index (χ0) is 20.8. The van der Waals surface area contributed by atoms with Gasteiger partial charge in [-0.3, -0.25) is 19.4 Å². The fourth-order valence-electron chi connectivity index (χ4n) is 3.39. The van der Waals surface area contributed by atoms with E-state index in [1.54, 1.807) is 17.1 Å². The third-order valence-electron chi connectivity index (χ3n) is 4.73. The van der Waals surface area contributed by atoms with E-state index >= 15 is 0 Å². The Labute approximate surface area is 176 Å². The standard InChI is InChI=1S/C22H28N4O2S/c1-17(2)15-24-11-13-25(14-12-24)21(28)10-9-19-16-29-22(23-19)26(18(3)27)20-7-5-4-6-8-20/h4-10,16-17H,11-15H2,1-3H3. The van der Waals surface area contributed by atoms with E-state index in [9.17, 15) is 9.59 Å². The van der Waals surface area contributed by atoms with E-state index < -0.39 is 0 Å². The highest BCUT2D eigenvalue weighted by Crippen LogP contribution is 2.29. The number of aromatic nitrogens is 1. The zero-order valence-electron chi connectivity index (χ0n) is 17.2. The minimum absolute atomic E-state index is 0.00947. The smallest absolute Gasteiger partial charge is 0.246 e. The summed E-state index contributed by atoms with van der Waals surface area (Å²) >= 11 is 1.39. The molecule has 0 spiro atoms. The van der Waals surface area contributed by atoms with Gasteiger partial charge >= 0.3 is 0 Å². The van der Waals surface area contributed by atoms with Crippen molar-refractivity contribution in [2.45, 2.75) is 20.8 Å². The van der Waals surface area contributed by atoms with Crippen LogP contribution >= 0.6 is 11.3 Å². The summed E-state index contributed by atoms with van der Waals surface area (Å²) in [7, 11) is 0. The lowest BCUT2D eigenvalue weighted by molar-refractivity contribution is -0.127. The Kier molecular flexibility index (Phi) is 7.17. The molecular weight excluding hydrogens is 384 g/mol. The SMILES string of the molecule is CC(=O)N(c1ccccc1)c1nc(C=CC(=O)N2CCN(CC(C)C)CC2)cs1. The fraction of sp³-hybridized carbons (Fsp3) is 0.409. The number of carbonyl (C=O) groups excluding carboxylic acids is 2. The van der Waals surface area contributed by atoms with Gasteiger partial charge in [0.1, 0.15) is 0 Å². The van der Waals surface area contributed by atoms with Crippen molar-refractivity contribution in [3.05, 3.63) is 47.5 Å². The molecule has 1 aromatic carbocycles. The van der Waals surface area contributed by atoms with E-state index in [1.807, 2.05) is 40.6 Å². The summed E-state index contributed by atoms with van der Waals surface area (Å²) < 4.78 is 0. The van der Waals surface area contributed by atoms with Gasteiger partial charge in [-0.15, -0.1) is 11.3 Å². The maximum absolute atomic E-state index is 12.5. The van der Waals surface area contributed by atoms with Crippen molar-refractivity contribution < 1.29 is 9.59 Å². The van der Waals surface area contributed by atoms with Crippen molar-refractivity contribution in [3.63, 3.8) is 0 Å². The number of anilines is 2. The molecule has 0 unspecified atom stereocenters. The van der Waals surface area contributed by atoms with Crippen LogP contribution in [-0.4, -0.2) is 59.3 Å². The summed E-state index contributed by atoms with van der Waals surface area (Å²) in [6, 6.07) is 9.44. The summed E-state index contributed by atoms with van der Waals surface area (Å²) in [4.78, 5) is 35.0. The number of piperazine rings is 1. The molecule has 154 valence electrons. The lowest BCUT2D eigenvalue weighted by Gasteiger charge is -2.35. The Morgan fingerprint density at radius 1 is 1.17 bits per heavy atom. The number of benzene rings is 1. The van der Waals surface area contributed by atoms with Crippen LogP contribution in [0.2, 0.25) is 0 Å². The first-order chi connectivity index (χ1) is 13.9. The van der Waals surface area contributed by atoms with Crippen LogP contribution < -0.4 is 4.90 Å². The van der Waals surface area contributed by atoms with Crippen molar-refractivity contribution >= 4 is 40.0 Å². The molecule has 2 aromatic rings. The van der Waals surface area contributed by atoms with E-state index in [0.29, 0.717) is 16.7 Å². The molecule has 2 heterocycles. The molecule has 1 fully saturated rings. The number of nitrogens with zero attached hydrogens (tertiary/aromatic N) is 4. The summed E-state index contributed by atoms with van der Waals surface area (Å²) in [6.45, 7) is 10.4. The molecule has 6 nitrogen and oxygen atoms in total. The van der Waals surface area contributed by atoms with Gasteiger partial charge < -0.3 is 4.90 Å². The van der Waals surface area contributed by atoms with Crippen LogP contribution in [0, 0.1) is 5.92 Å². The van der Waals surface area contributed by atoms with Crippen molar-refractivity contribution in [2.75, 3.05) is 37.6 Å². The quantitative estimate of drug-likeness (QED) is 0.680. The molecule has 0 saturated carbocycles. The number of para-hydroxylation sites is 1. The highest BCUT2D eigenvalue weighted by atomic mass is 32.1. The summed E-state index contributed by atoms with van der Waals surface area (Å²) in [6.07, 6.45) is 3.31. The van der Waals surface area contributed by atoms with Gasteiger partial charge in [-0.05, 0) is 24.1 Å². The number of amides is 2. The van der Waals surface area contributed by atoms with Crippen LogP contribution in [0.5, 0.6) is 0 Å². The Morgan fingerprint density at radius 3 is 2.48 bits per heavy atom. The normalized spacial score (nSPS) is 15.2. The summed E-state index contributed by atoms with van der Waals surface area (Å²) in [5, 5.41) is 2.46. The van der Waals surface area contributed by atoms with Crippen LogP contribution in [0.15, 0.2) is 41.8 Å². The molecule has 2 amide bonds. The molecule has 0 aliphatic carbocycles. The number of thiazole rings is 1. The average Bonchev–Trinajstić information content (AvgIpc) is 3.15. The van der Waals surface area contributed by atoms with Crippen LogP contribution in [-0.2, 0) is 9.59 Å². The van der Waals surface area contributed by atoms with Crippen LogP contribution in [0.25, 0.3) is 6.08 Å². The second-order valence-corrected chi connectivity index (χ2v) is 8.43. The van der Waals surface area contributed by atoms with E-state index in [2.05, 4.69) is 23.7 Å². The minimum atomic E-state index is -0.101. The van der Waals surface area contributed by atoms with Crippen molar-refractivity contribution in [1.82, 2.24) is 14.8 Å².